The lowest BCUT2D eigenvalue weighted by Gasteiger charge is -2.04. The lowest BCUT2D eigenvalue weighted by molar-refractivity contribution is -0.117. The van der Waals surface area contributed by atoms with Crippen LogP contribution in [0.15, 0.2) is 35.0 Å². The summed E-state index contributed by atoms with van der Waals surface area (Å²) in [5, 5.41) is 3.92. The number of ketones is 1. The molecule has 88 valence electrons. The zero-order valence-electron chi connectivity index (χ0n) is 9.57. The fraction of sp³-hybridized carbons (Fsp3) is 0.214. The van der Waals surface area contributed by atoms with Crippen molar-refractivity contribution in [2.24, 2.45) is 0 Å². The maximum absolute atomic E-state index is 13.1. The van der Waals surface area contributed by atoms with Gasteiger partial charge in [-0.05, 0) is 52.6 Å². The van der Waals surface area contributed by atoms with Crippen molar-refractivity contribution >= 4 is 17.1 Å². The van der Waals surface area contributed by atoms with Crippen molar-refractivity contribution in [3.05, 3.63) is 57.5 Å². The molecule has 0 aliphatic carbocycles. The van der Waals surface area contributed by atoms with Gasteiger partial charge in [-0.25, -0.2) is 4.39 Å². The number of aryl methyl sites for hydroxylation is 1. The monoisotopic (exact) mass is 248 g/mol. The number of carbonyl (C=O) groups is 1. The molecule has 0 fully saturated rings. The average molecular weight is 248 g/mol. The lowest BCUT2D eigenvalue weighted by Crippen LogP contribution is -2.07. The van der Waals surface area contributed by atoms with Gasteiger partial charge in [0.05, 0.1) is 0 Å². The Bertz CT molecular complexity index is 517. The van der Waals surface area contributed by atoms with Crippen molar-refractivity contribution in [2.45, 2.75) is 19.8 Å². The summed E-state index contributed by atoms with van der Waals surface area (Å²) in [7, 11) is 0. The molecule has 2 aromatic rings. The average Bonchev–Trinajstić information content (AvgIpc) is 2.76. The second-order valence-electron chi connectivity index (χ2n) is 4.09. The van der Waals surface area contributed by atoms with Crippen LogP contribution in [0.3, 0.4) is 0 Å². The molecule has 0 saturated carbocycles. The van der Waals surface area contributed by atoms with Gasteiger partial charge in [0.25, 0.3) is 0 Å². The van der Waals surface area contributed by atoms with Crippen LogP contribution < -0.4 is 0 Å². The predicted molar refractivity (Wildman–Crippen MR) is 67.9 cm³/mol. The molecule has 17 heavy (non-hydrogen) atoms. The number of hydrogen-bond acceptors (Lipinski definition) is 2. The molecule has 3 heteroatoms. The SMILES string of the molecule is Cc1ccc(F)cc1CC(=O)Cc1ccsc1. The maximum atomic E-state index is 13.1. The topological polar surface area (TPSA) is 17.1 Å². The second-order valence-corrected chi connectivity index (χ2v) is 4.87. The predicted octanol–water partition coefficient (Wildman–Crippen LogP) is 3.55. The highest BCUT2D eigenvalue weighted by atomic mass is 32.1. The van der Waals surface area contributed by atoms with Gasteiger partial charge in [-0.3, -0.25) is 4.79 Å². The first-order valence-corrected chi connectivity index (χ1v) is 6.37. The standard InChI is InChI=1S/C14H13FOS/c1-10-2-3-13(15)7-12(10)8-14(16)6-11-4-5-17-9-11/h2-5,7,9H,6,8H2,1H3. The Morgan fingerprint density at radius 1 is 1.29 bits per heavy atom. The highest BCUT2D eigenvalue weighted by Gasteiger charge is 2.08. The summed E-state index contributed by atoms with van der Waals surface area (Å²) in [6.45, 7) is 1.90. The minimum atomic E-state index is -0.283. The third kappa shape index (κ3) is 3.24. The van der Waals surface area contributed by atoms with Gasteiger partial charge in [0, 0.05) is 12.8 Å². The summed E-state index contributed by atoms with van der Waals surface area (Å²) in [6, 6.07) is 6.52. The summed E-state index contributed by atoms with van der Waals surface area (Å²) >= 11 is 1.58. The van der Waals surface area contributed by atoms with E-state index in [2.05, 4.69) is 0 Å². The fourth-order valence-electron chi connectivity index (χ4n) is 1.73. The number of halogens is 1. The molecule has 0 spiro atoms. The zero-order valence-corrected chi connectivity index (χ0v) is 10.4. The third-order valence-electron chi connectivity index (χ3n) is 2.68. The molecular weight excluding hydrogens is 235 g/mol. The molecule has 0 radical (unpaired) electrons. The molecule has 1 aromatic carbocycles. The van der Waals surface area contributed by atoms with Crippen molar-refractivity contribution < 1.29 is 9.18 Å². The normalized spacial score (nSPS) is 10.5. The van der Waals surface area contributed by atoms with Crippen LogP contribution in [0.25, 0.3) is 0 Å². The van der Waals surface area contributed by atoms with E-state index in [0.717, 1.165) is 16.7 Å². The van der Waals surface area contributed by atoms with Crippen LogP contribution in [0.5, 0.6) is 0 Å². The van der Waals surface area contributed by atoms with Crippen LogP contribution in [0, 0.1) is 12.7 Å². The molecule has 0 aliphatic rings. The van der Waals surface area contributed by atoms with E-state index < -0.39 is 0 Å². The summed E-state index contributed by atoms with van der Waals surface area (Å²) in [5.74, 6) is -0.161. The first-order valence-electron chi connectivity index (χ1n) is 5.43. The maximum Gasteiger partial charge on any atom is 0.141 e. The van der Waals surface area contributed by atoms with Crippen molar-refractivity contribution in [1.29, 1.82) is 0 Å². The fourth-order valence-corrected chi connectivity index (χ4v) is 2.39. The summed E-state index contributed by atoms with van der Waals surface area (Å²) in [4.78, 5) is 11.8. The molecule has 0 atom stereocenters. The number of thiophene rings is 1. The van der Waals surface area contributed by atoms with Gasteiger partial charge < -0.3 is 0 Å². The molecule has 0 unspecified atom stereocenters. The van der Waals surface area contributed by atoms with E-state index in [0.29, 0.717) is 12.8 Å². The quantitative estimate of drug-likeness (QED) is 0.808. The van der Waals surface area contributed by atoms with Crippen LogP contribution in [0.1, 0.15) is 16.7 Å². The molecular formula is C14H13FOS. The minimum Gasteiger partial charge on any atom is -0.299 e. The van der Waals surface area contributed by atoms with E-state index in [-0.39, 0.29) is 11.6 Å². The smallest absolute Gasteiger partial charge is 0.141 e. The highest BCUT2D eigenvalue weighted by molar-refractivity contribution is 7.07. The van der Waals surface area contributed by atoms with Crippen molar-refractivity contribution in [3.63, 3.8) is 0 Å². The highest BCUT2D eigenvalue weighted by Crippen LogP contribution is 2.13. The van der Waals surface area contributed by atoms with Crippen LogP contribution in [0.4, 0.5) is 4.39 Å². The summed E-state index contributed by atoms with van der Waals surface area (Å²) < 4.78 is 13.1. The Morgan fingerprint density at radius 2 is 2.12 bits per heavy atom. The Kier molecular flexibility index (Phi) is 3.69. The van der Waals surface area contributed by atoms with E-state index in [1.165, 1.54) is 12.1 Å². The molecule has 0 aliphatic heterocycles. The van der Waals surface area contributed by atoms with Gasteiger partial charge in [0.1, 0.15) is 11.6 Å². The van der Waals surface area contributed by atoms with Gasteiger partial charge >= 0.3 is 0 Å². The Labute approximate surface area is 104 Å². The Balaban J connectivity index is 2.05. The molecule has 1 aromatic heterocycles. The molecule has 1 nitrogen and oxygen atoms in total. The molecule has 0 bridgehead atoms. The van der Waals surface area contributed by atoms with Crippen molar-refractivity contribution in [2.75, 3.05) is 0 Å². The van der Waals surface area contributed by atoms with E-state index >= 15 is 0 Å². The zero-order chi connectivity index (χ0) is 12.3. The van der Waals surface area contributed by atoms with Crippen LogP contribution >= 0.6 is 11.3 Å². The van der Waals surface area contributed by atoms with E-state index in [1.807, 2.05) is 23.8 Å². The summed E-state index contributed by atoms with van der Waals surface area (Å²) in [5.41, 5.74) is 2.78. The van der Waals surface area contributed by atoms with Gasteiger partial charge in [0.2, 0.25) is 0 Å². The molecule has 2 rings (SSSR count). The molecule has 0 saturated heterocycles. The van der Waals surface area contributed by atoms with E-state index in [9.17, 15) is 9.18 Å². The lowest BCUT2D eigenvalue weighted by atomic mass is 10.0. The second kappa shape index (κ2) is 5.23. The Morgan fingerprint density at radius 3 is 2.82 bits per heavy atom. The number of Topliss-reactive ketones (excluding diaryl/α,β-unsaturated/α-hetero) is 1. The van der Waals surface area contributed by atoms with Crippen molar-refractivity contribution in [3.8, 4) is 0 Å². The number of carbonyl (C=O) groups excluding carboxylic acids is 1. The molecule has 1 heterocycles. The van der Waals surface area contributed by atoms with E-state index in [4.69, 9.17) is 0 Å². The number of hydrogen-bond donors (Lipinski definition) is 0. The Hall–Kier alpha value is -1.48. The van der Waals surface area contributed by atoms with Gasteiger partial charge in [-0.15, -0.1) is 0 Å². The van der Waals surface area contributed by atoms with Gasteiger partial charge in [-0.2, -0.15) is 11.3 Å². The van der Waals surface area contributed by atoms with E-state index in [1.54, 1.807) is 17.4 Å². The largest absolute Gasteiger partial charge is 0.299 e. The first kappa shape index (κ1) is 12.0. The summed E-state index contributed by atoms with van der Waals surface area (Å²) in [6.07, 6.45) is 0.735. The van der Waals surface area contributed by atoms with Gasteiger partial charge in [0.15, 0.2) is 0 Å². The van der Waals surface area contributed by atoms with Crippen LogP contribution in [-0.2, 0) is 17.6 Å². The van der Waals surface area contributed by atoms with Crippen molar-refractivity contribution in [1.82, 2.24) is 0 Å². The van der Waals surface area contributed by atoms with Crippen LogP contribution in [-0.4, -0.2) is 5.78 Å². The molecule has 0 amide bonds. The first-order chi connectivity index (χ1) is 8.15. The molecule has 0 N–H and O–H groups in total. The van der Waals surface area contributed by atoms with Gasteiger partial charge in [-0.1, -0.05) is 6.07 Å². The third-order valence-corrected chi connectivity index (χ3v) is 3.41. The minimum absolute atomic E-state index is 0.122. The van der Waals surface area contributed by atoms with Crippen LogP contribution in [0.2, 0.25) is 0 Å². The number of benzene rings is 1. The number of rotatable bonds is 4.